The number of hydrogen-bond acceptors (Lipinski definition) is 5. The number of fused-ring (bicyclic) bond motifs is 1. The van der Waals surface area contributed by atoms with Gasteiger partial charge in [-0.3, -0.25) is 9.79 Å². The molecule has 34 heavy (non-hydrogen) atoms. The Balaban J connectivity index is 1.16. The molecule has 2 heterocycles. The summed E-state index contributed by atoms with van der Waals surface area (Å²) in [6, 6.07) is 24.7. The van der Waals surface area contributed by atoms with Crippen LogP contribution in [-0.4, -0.2) is 43.2 Å². The molecule has 5 nitrogen and oxygen atoms in total. The number of carbonyl (C=O) groups excluding carboxylic acids is 1. The summed E-state index contributed by atoms with van der Waals surface area (Å²) in [6.45, 7) is 3.53. The molecular formula is C28H30N4OS. The van der Waals surface area contributed by atoms with Crippen LogP contribution in [0.5, 0.6) is 0 Å². The zero-order valence-corrected chi connectivity index (χ0v) is 20.1. The van der Waals surface area contributed by atoms with Crippen molar-refractivity contribution in [2.75, 3.05) is 35.8 Å². The molecule has 0 unspecified atom stereocenters. The average Bonchev–Trinajstić information content (AvgIpc) is 2.88. The van der Waals surface area contributed by atoms with E-state index < -0.39 is 0 Å². The van der Waals surface area contributed by atoms with Gasteiger partial charge in [0.1, 0.15) is 0 Å². The Hall–Kier alpha value is -3.25. The Morgan fingerprint density at radius 2 is 1.62 bits per heavy atom. The molecule has 1 fully saturated rings. The number of para-hydroxylation sites is 2. The average molecular weight is 471 g/mol. The number of aliphatic imine (C=N–C) groups is 1. The maximum Gasteiger partial charge on any atom is 0.253 e. The largest absolute Gasteiger partial charge is 0.371 e. The molecule has 0 atom stereocenters. The summed E-state index contributed by atoms with van der Waals surface area (Å²) >= 11 is 1.57. The number of nitrogens with zero attached hydrogens (tertiary/aromatic N) is 3. The van der Waals surface area contributed by atoms with Gasteiger partial charge in [-0.05, 0) is 85.7 Å². The smallest absolute Gasteiger partial charge is 0.253 e. The fourth-order valence-electron chi connectivity index (χ4n) is 4.58. The molecule has 0 radical (unpaired) electrons. The van der Waals surface area contributed by atoms with E-state index in [0.29, 0.717) is 0 Å². The summed E-state index contributed by atoms with van der Waals surface area (Å²) in [5.41, 5.74) is 5.37. The lowest BCUT2D eigenvalue weighted by Crippen LogP contribution is -2.39. The normalized spacial score (nSPS) is 15.9. The van der Waals surface area contributed by atoms with Crippen LogP contribution in [0.3, 0.4) is 0 Å². The second-order valence-electron chi connectivity index (χ2n) is 8.72. The van der Waals surface area contributed by atoms with Crippen molar-refractivity contribution < 1.29 is 4.79 Å². The van der Waals surface area contributed by atoms with Gasteiger partial charge in [-0.1, -0.05) is 30.3 Å². The van der Waals surface area contributed by atoms with E-state index in [-0.39, 0.29) is 5.91 Å². The molecule has 1 N–H and O–H groups in total. The molecular weight excluding hydrogens is 440 g/mol. The molecule has 174 valence electrons. The van der Waals surface area contributed by atoms with Gasteiger partial charge in [0.2, 0.25) is 0 Å². The molecule has 3 aromatic carbocycles. The molecule has 2 aliphatic heterocycles. The standard InChI is InChI=1S/C28H30N4OS/c33-28(32-20-6-18-31(19-7-21-32)25-10-2-1-3-11-25)23-13-15-24(16-14-23)30-34-26-12-4-8-22-9-5-17-29-27(22)26/h1-4,8,10-17,30H,5-7,9,18-21H2. The van der Waals surface area contributed by atoms with Crippen molar-refractivity contribution in [3.8, 4) is 0 Å². The van der Waals surface area contributed by atoms with Crippen molar-refractivity contribution >= 4 is 41.1 Å². The first kappa shape index (κ1) is 22.5. The first-order valence-corrected chi connectivity index (χ1v) is 12.9. The minimum Gasteiger partial charge on any atom is -0.371 e. The lowest BCUT2D eigenvalue weighted by Gasteiger charge is -2.32. The minimum absolute atomic E-state index is 0.124. The lowest BCUT2D eigenvalue weighted by molar-refractivity contribution is 0.0748. The van der Waals surface area contributed by atoms with Crippen molar-refractivity contribution in [3.63, 3.8) is 0 Å². The fraction of sp³-hybridized carbons (Fsp3) is 0.286. The lowest BCUT2D eigenvalue weighted by atomic mass is 10.1. The molecule has 0 aromatic heterocycles. The van der Waals surface area contributed by atoms with Gasteiger partial charge in [0.25, 0.3) is 5.91 Å². The van der Waals surface area contributed by atoms with Crippen LogP contribution in [0, 0.1) is 0 Å². The zero-order valence-electron chi connectivity index (χ0n) is 19.3. The van der Waals surface area contributed by atoms with E-state index in [4.69, 9.17) is 0 Å². The first-order valence-electron chi connectivity index (χ1n) is 12.0. The number of carbonyl (C=O) groups is 1. The van der Waals surface area contributed by atoms with Crippen molar-refractivity contribution in [3.05, 3.63) is 83.9 Å². The molecule has 0 saturated carbocycles. The second-order valence-corrected chi connectivity index (χ2v) is 9.57. The summed E-state index contributed by atoms with van der Waals surface area (Å²) in [7, 11) is 0. The van der Waals surface area contributed by atoms with Crippen LogP contribution in [0.2, 0.25) is 0 Å². The third kappa shape index (κ3) is 5.28. The van der Waals surface area contributed by atoms with Gasteiger partial charge in [0.15, 0.2) is 0 Å². The molecule has 5 rings (SSSR count). The Morgan fingerprint density at radius 3 is 2.38 bits per heavy atom. The first-order chi connectivity index (χ1) is 16.8. The van der Waals surface area contributed by atoms with Crippen LogP contribution < -0.4 is 9.62 Å². The molecule has 0 bridgehead atoms. The van der Waals surface area contributed by atoms with Crippen LogP contribution in [0.25, 0.3) is 0 Å². The third-order valence-electron chi connectivity index (χ3n) is 6.38. The van der Waals surface area contributed by atoms with E-state index in [1.54, 1.807) is 11.9 Å². The van der Waals surface area contributed by atoms with Gasteiger partial charge in [0.05, 0.1) is 10.6 Å². The van der Waals surface area contributed by atoms with Crippen LogP contribution in [0.15, 0.2) is 82.7 Å². The monoisotopic (exact) mass is 470 g/mol. The van der Waals surface area contributed by atoms with E-state index in [2.05, 4.69) is 63.1 Å². The molecule has 6 heteroatoms. The highest BCUT2D eigenvalue weighted by Crippen LogP contribution is 2.35. The second kappa shape index (κ2) is 10.8. The van der Waals surface area contributed by atoms with Crippen LogP contribution in [0.4, 0.5) is 17.1 Å². The van der Waals surface area contributed by atoms with E-state index in [9.17, 15) is 4.79 Å². The maximum atomic E-state index is 13.1. The van der Waals surface area contributed by atoms with Crippen molar-refractivity contribution in [2.24, 2.45) is 4.99 Å². The quantitative estimate of drug-likeness (QED) is 0.451. The number of nitrogens with one attached hydrogen (secondary N) is 1. The van der Waals surface area contributed by atoms with Crippen LogP contribution >= 0.6 is 11.9 Å². The number of aryl methyl sites for hydroxylation is 1. The molecule has 2 aliphatic rings. The third-order valence-corrected chi connectivity index (χ3v) is 7.26. The predicted molar refractivity (Wildman–Crippen MR) is 143 cm³/mol. The van der Waals surface area contributed by atoms with E-state index in [1.165, 1.54) is 11.3 Å². The summed E-state index contributed by atoms with van der Waals surface area (Å²) in [5, 5.41) is 0. The summed E-state index contributed by atoms with van der Waals surface area (Å²) in [5.74, 6) is 0.124. The molecule has 3 aromatic rings. The minimum atomic E-state index is 0.124. The van der Waals surface area contributed by atoms with Gasteiger partial charge in [-0.25, -0.2) is 0 Å². The highest BCUT2D eigenvalue weighted by molar-refractivity contribution is 8.00. The topological polar surface area (TPSA) is 47.9 Å². The Bertz CT molecular complexity index is 1140. The number of hydrogen-bond donors (Lipinski definition) is 1. The summed E-state index contributed by atoms with van der Waals surface area (Å²) < 4.78 is 3.41. The van der Waals surface area contributed by atoms with Crippen molar-refractivity contribution in [1.82, 2.24) is 4.90 Å². The predicted octanol–water partition coefficient (Wildman–Crippen LogP) is 6.20. The highest BCUT2D eigenvalue weighted by Gasteiger charge is 2.19. The highest BCUT2D eigenvalue weighted by atomic mass is 32.2. The Morgan fingerprint density at radius 1 is 0.853 bits per heavy atom. The van der Waals surface area contributed by atoms with Crippen molar-refractivity contribution in [1.29, 1.82) is 0 Å². The molecule has 0 spiro atoms. The fourth-order valence-corrected chi connectivity index (χ4v) is 5.37. The Labute approximate surface area is 206 Å². The summed E-state index contributed by atoms with van der Waals surface area (Å²) in [6.07, 6.45) is 6.00. The van der Waals surface area contributed by atoms with E-state index in [0.717, 1.165) is 73.7 Å². The molecule has 1 saturated heterocycles. The maximum absolute atomic E-state index is 13.1. The van der Waals surface area contributed by atoms with E-state index in [1.807, 2.05) is 35.4 Å². The van der Waals surface area contributed by atoms with Gasteiger partial charge in [-0.15, -0.1) is 0 Å². The van der Waals surface area contributed by atoms with Gasteiger partial charge >= 0.3 is 0 Å². The number of benzene rings is 3. The van der Waals surface area contributed by atoms with Crippen LogP contribution in [0.1, 0.15) is 35.2 Å². The van der Waals surface area contributed by atoms with E-state index >= 15 is 0 Å². The number of anilines is 2. The number of rotatable bonds is 5. The van der Waals surface area contributed by atoms with Gasteiger partial charge < -0.3 is 14.5 Å². The molecule has 0 aliphatic carbocycles. The Kier molecular flexibility index (Phi) is 7.15. The van der Waals surface area contributed by atoms with Crippen LogP contribution in [-0.2, 0) is 6.42 Å². The summed E-state index contributed by atoms with van der Waals surface area (Å²) in [4.78, 5) is 23.3. The van der Waals surface area contributed by atoms with Gasteiger partial charge in [0, 0.05) is 49.3 Å². The zero-order chi connectivity index (χ0) is 23.2. The molecule has 1 amide bonds. The number of amides is 1. The SMILES string of the molecule is O=C(c1ccc(NSc2cccc3c2N=CCC3)cc1)N1CCCN(c2ccccc2)CCC1. The van der Waals surface area contributed by atoms with Gasteiger partial charge in [-0.2, -0.15) is 0 Å². The van der Waals surface area contributed by atoms with Crippen molar-refractivity contribution in [2.45, 2.75) is 30.6 Å².